The van der Waals surface area contributed by atoms with E-state index in [1.807, 2.05) is 44.3 Å². The summed E-state index contributed by atoms with van der Waals surface area (Å²) in [7, 11) is 0. The number of fused-ring (bicyclic) bond motifs is 1. The third-order valence-electron chi connectivity index (χ3n) is 3.22. The van der Waals surface area contributed by atoms with E-state index in [9.17, 15) is 4.79 Å². The minimum Gasteiger partial charge on any atom is -0.491 e. The Kier molecular flexibility index (Phi) is 3.55. The summed E-state index contributed by atoms with van der Waals surface area (Å²) < 4.78 is 7.33. The Balaban J connectivity index is 1.94. The lowest BCUT2D eigenvalue weighted by Gasteiger charge is -2.09. The molecular weight excluding hydrogens is 280 g/mol. The first-order chi connectivity index (χ1) is 10.5. The first-order valence-electron chi connectivity index (χ1n) is 7.02. The molecule has 0 saturated carbocycles. The van der Waals surface area contributed by atoms with E-state index in [4.69, 9.17) is 9.84 Å². The van der Waals surface area contributed by atoms with E-state index in [0.717, 1.165) is 17.0 Å². The highest BCUT2D eigenvalue weighted by Crippen LogP contribution is 2.23. The van der Waals surface area contributed by atoms with Gasteiger partial charge in [0.05, 0.1) is 17.4 Å². The molecule has 22 heavy (non-hydrogen) atoms. The fraction of sp³-hybridized carbons (Fsp3) is 0.176. The molecule has 0 radical (unpaired) electrons. The largest absolute Gasteiger partial charge is 0.491 e. The lowest BCUT2D eigenvalue weighted by atomic mass is 10.1. The first kappa shape index (κ1) is 14.1. The molecule has 5 nitrogen and oxygen atoms in total. The van der Waals surface area contributed by atoms with Gasteiger partial charge in [0.15, 0.2) is 0 Å². The molecule has 0 aliphatic carbocycles. The van der Waals surface area contributed by atoms with E-state index in [1.54, 1.807) is 22.7 Å². The number of benzene rings is 1. The molecule has 2 heterocycles. The number of imidazole rings is 1. The van der Waals surface area contributed by atoms with Crippen molar-refractivity contribution in [2.75, 3.05) is 0 Å². The molecule has 1 N–H and O–H groups in total. The van der Waals surface area contributed by atoms with E-state index in [2.05, 4.69) is 4.98 Å². The van der Waals surface area contributed by atoms with Gasteiger partial charge in [0.1, 0.15) is 11.4 Å². The Labute approximate surface area is 127 Å². The van der Waals surface area contributed by atoms with Crippen molar-refractivity contribution >= 4 is 11.6 Å². The molecule has 0 amide bonds. The fourth-order valence-corrected chi connectivity index (χ4v) is 2.23. The first-order valence-corrected chi connectivity index (χ1v) is 7.02. The summed E-state index contributed by atoms with van der Waals surface area (Å²) in [6, 6.07) is 10.9. The molecule has 3 rings (SSSR count). The van der Waals surface area contributed by atoms with Crippen molar-refractivity contribution in [3.63, 3.8) is 0 Å². The van der Waals surface area contributed by atoms with E-state index < -0.39 is 5.97 Å². The van der Waals surface area contributed by atoms with Crippen LogP contribution < -0.4 is 4.74 Å². The monoisotopic (exact) mass is 296 g/mol. The average Bonchev–Trinajstić information content (AvgIpc) is 2.90. The SMILES string of the molecule is CC(C)Oc1ccc(-c2cn3cc(C(=O)O)ccc3n2)cc1. The maximum absolute atomic E-state index is 11.0. The third-order valence-corrected chi connectivity index (χ3v) is 3.22. The second-order valence-electron chi connectivity index (χ2n) is 5.31. The van der Waals surface area contributed by atoms with Crippen LogP contribution >= 0.6 is 0 Å². The van der Waals surface area contributed by atoms with Crippen LogP contribution in [0.1, 0.15) is 24.2 Å². The highest BCUT2D eigenvalue weighted by molar-refractivity contribution is 5.87. The molecule has 0 unspecified atom stereocenters. The molecule has 1 aromatic carbocycles. The van der Waals surface area contributed by atoms with Crippen LogP contribution in [0.3, 0.4) is 0 Å². The van der Waals surface area contributed by atoms with Crippen molar-refractivity contribution in [3.8, 4) is 17.0 Å². The summed E-state index contributed by atoms with van der Waals surface area (Å²) in [5.74, 6) is -0.136. The van der Waals surface area contributed by atoms with Crippen molar-refractivity contribution in [2.24, 2.45) is 0 Å². The van der Waals surface area contributed by atoms with E-state index in [0.29, 0.717) is 5.65 Å². The van der Waals surface area contributed by atoms with Crippen LogP contribution in [0.4, 0.5) is 0 Å². The van der Waals surface area contributed by atoms with Gasteiger partial charge in [0, 0.05) is 18.0 Å². The number of hydrogen-bond acceptors (Lipinski definition) is 3. The third kappa shape index (κ3) is 2.79. The molecule has 0 spiro atoms. The van der Waals surface area contributed by atoms with Crippen molar-refractivity contribution in [2.45, 2.75) is 20.0 Å². The molecule has 3 aromatic rings. The van der Waals surface area contributed by atoms with Gasteiger partial charge in [-0.1, -0.05) is 0 Å². The molecular formula is C17H16N2O3. The zero-order chi connectivity index (χ0) is 15.7. The van der Waals surface area contributed by atoms with Crippen LogP contribution in [-0.4, -0.2) is 26.6 Å². The zero-order valence-electron chi connectivity index (χ0n) is 12.4. The van der Waals surface area contributed by atoms with Crippen LogP contribution in [0.2, 0.25) is 0 Å². The van der Waals surface area contributed by atoms with Gasteiger partial charge in [-0.2, -0.15) is 0 Å². The van der Waals surface area contributed by atoms with Gasteiger partial charge < -0.3 is 14.2 Å². The standard InChI is InChI=1S/C17H16N2O3/c1-11(2)22-14-6-3-12(4-7-14)15-10-19-9-13(17(20)21)5-8-16(19)18-15/h3-11H,1-2H3,(H,20,21). The van der Waals surface area contributed by atoms with Gasteiger partial charge >= 0.3 is 5.97 Å². The average molecular weight is 296 g/mol. The Hall–Kier alpha value is -2.82. The van der Waals surface area contributed by atoms with Crippen molar-refractivity contribution in [3.05, 3.63) is 54.4 Å². The van der Waals surface area contributed by atoms with Crippen LogP contribution in [0, 0.1) is 0 Å². The summed E-state index contributed by atoms with van der Waals surface area (Å²) in [6.07, 6.45) is 3.51. The number of rotatable bonds is 4. The molecule has 112 valence electrons. The van der Waals surface area contributed by atoms with Gasteiger partial charge in [-0.3, -0.25) is 0 Å². The smallest absolute Gasteiger partial charge is 0.337 e. The van der Waals surface area contributed by atoms with Crippen LogP contribution in [0.15, 0.2) is 48.8 Å². The Morgan fingerprint density at radius 1 is 1.14 bits per heavy atom. The van der Waals surface area contributed by atoms with Crippen LogP contribution in [-0.2, 0) is 0 Å². The molecule has 0 aliphatic rings. The number of aromatic carboxylic acids is 1. The van der Waals surface area contributed by atoms with Crippen LogP contribution in [0.5, 0.6) is 5.75 Å². The van der Waals surface area contributed by atoms with Crippen molar-refractivity contribution < 1.29 is 14.6 Å². The van der Waals surface area contributed by atoms with Gasteiger partial charge in [-0.25, -0.2) is 9.78 Å². The minimum atomic E-state index is -0.952. The number of ether oxygens (including phenoxy) is 1. The van der Waals surface area contributed by atoms with Gasteiger partial charge in [0.25, 0.3) is 0 Å². The Morgan fingerprint density at radius 2 is 1.86 bits per heavy atom. The number of pyridine rings is 1. The number of hydrogen-bond donors (Lipinski definition) is 1. The maximum Gasteiger partial charge on any atom is 0.337 e. The van der Waals surface area contributed by atoms with Crippen LogP contribution in [0.25, 0.3) is 16.9 Å². The molecule has 0 atom stereocenters. The molecule has 5 heteroatoms. The zero-order valence-corrected chi connectivity index (χ0v) is 12.4. The fourth-order valence-electron chi connectivity index (χ4n) is 2.23. The highest BCUT2D eigenvalue weighted by atomic mass is 16.5. The molecule has 2 aromatic heterocycles. The maximum atomic E-state index is 11.0. The Morgan fingerprint density at radius 3 is 2.50 bits per heavy atom. The summed E-state index contributed by atoms with van der Waals surface area (Å²) in [5.41, 5.74) is 2.69. The molecule has 0 saturated heterocycles. The predicted molar refractivity (Wildman–Crippen MR) is 83.4 cm³/mol. The topological polar surface area (TPSA) is 63.8 Å². The number of carbonyl (C=O) groups is 1. The lowest BCUT2D eigenvalue weighted by Crippen LogP contribution is -2.05. The van der Waals surface area contributed by atoms with Crippen molar-refractivity contribution in [1.82, 2.24) is 9.38 Å². The number of aromatic nitrogens is 2. The quantitative estimate of drug-likeness (QED) is 0.800. The van der Waals surface area contributed by atoms with E-state index in [1.165, 1.54) is 0 Å². The Bertz CT molecular complexity index is 820. The second kappa shape index (κ2) is 5.52. The number of carboxylic acids is 1. The summed E-state index contributed by atoms with van der Waals surface area (Å²) in [6.45, 7) is 3.96. The van der Waals surface area contributed by atoms with Gasteiger partial charge in [-0.05, 0) is 50.2 Å². The number of carboxylic acid groups (broad SMARTS) is 1. The molecule has 0 aliphatic heterocycles. The minimum absolute atomic E-state index is 0.135. The summed E-state index contributed by atoms with van der Waals surface area (Å²) >= 11 is 0. The predicted octanol–water partition coefficient (Wildman–Crippen LogP) is 3.49. The molecule has 0 fully saturated rings. The summed E-state index contributed by atoms with van der Waals surface area (Å²) in [4.78, 5) is 15.5. The number of nitrogens with zero attached hydrogens (tertiary/aromatic N) is 2. The normalized spacial score (nSPS) is 11.0. The second-order valence-corrected chi connectivity index (χ2v) is 5.31. The highest BCUT2D eigenvalue weighted by Gasteiger charge is 2.08. The van der Waals surface area contributed by atoms with Gasteiger partial charge in [0.2, 0.25) is 0 Å². The van der Waals surface area contributed by atoms with Crippen molar-refractivity contribution in [1.29, 1.82) is 0 Å². The summed E-state index contributed by atoms with van der Waals surface area (Å²) in [5, 5.41) is 9.02. The molecule has 0 bridgehead atoms. The van der Waals surface area contributed by atoms with E-state index >= 15 is 0 Å². The van der Waals surface area contributed by atoms with Gasteiger partial charge in [-0.15, -0.1) is 0 Å². The lowest BCUT2D eigenvalue weighted by molar-refractivity contribution is 0.0696. The van der Waals surface area contributed by atoms with E-state index in [-0.39, 0.29) is 11.7 Å².